The number of phenolic OH excluding ortho intramolecular Hbond substituents is 1. The molecule has 7 rings (SSSR count). The molecule has 0 aliphatic carbocycles. The molecule has 0 unspecified atom stereocenters. The molecule has 4 nitrogen and oxygen atoms in total. The number of benzene rings is 5. The third-order valence-electron chi connectivity index (χ3n) is 10.6. The Hall–Kier alpha value is -4.53. The molecule has 0 saturated carbocycles. The predicted molar refractivity (Wildman–Crippen MR) is 228 cm³/mol. The van der Waals surface area contributed by atoms with E-state index in [1.807, 2.05) is 24.4 Å². The number of rotatable bonds is 4. The van der Waals surface area contributed by atoms with E-state index >= 15 is 0 Å². The summed E-state index contributed by atoms with van der Waals surface area (Å²) in [6, 6.07) is 38.1. The zero-order valence-corrected chi connectivity index (χ0v) is 36.7. The van der Waals surface area contributed by atoms with Crippen LogP contribution in [-0.2, 0) is 42.7 Å². The second-order valence-corrected chi connectivity index (χ2v) is 19.0. The van der Waals surface area contributed by atoms with E-state index in [0.29, 0.717) is 5.82 Å². The van der Waals surface area contributed by atoms with Crippen LogP contribution in [0.4, 0.5) is 0 Å². The minimum atomic E-state index is -0.302. The van der Waals surface area contributed by atoms with E-state index in [4.69, 9.17) is 4.98 Å². The second kappa shape index (κ2) is 14.2. The van der Waals surface area contributed by atoms with Gasteiger partial charge in [0.15, 0.2) is 0 Å². The van der Waals surface area contributed by atoms with Crippen LogP contribution in [0.3, 0.4) is 0 Å². The average Bonchev–Trinajstić information content (AvgIpc) is 3.49. The number of aromatic nitrogens is 3. The molecule has 0 aliphatic rings. The first-order valence-corrected chi connectivity index (χ1v) is 19.1. The van der Waals surface area contributed by atoms with E-state index in [2.05, 4.69) is 178 Å². The topological polar surface area (TPSA) is 50.9 Å². The maximum absolute atomic E-state index is 12.4. The van der Waals surface area contributed by atoms with Crippen molar-refractivity contribution in [2.24, 2.45) is 0 Å². The summed E-state index contributed by atoms with van der Waals surface area (Å²) in [4.78, 5) is 10.2. The van der Waals surface area contributed by atoms with E-state index in [0.717, 1.165) is 61.2 Å². The molecule has 286 valence electrons. The molecule has 0 bridgehead atoms. The molecule has 5 aromatic carbocycles. The molecule has 0 spiro atoms. The number of fused-ring (bicyclic) bond motifs is 2. The molecule has 0 amide bonds. The van der Waals surface area contributed by atoms with Gasteiger partial charge in [0.25, 0.3) is 0 Å². The van der Waals surface area contributed by atoms with Gasteiger partial charge < -0.3 is 5.11 Å². The first-order valence-electron chi connectivity index (χ1n) is 19.1. The number of hydrogen-bond donors (Lipinski definition) is 1. The Labute approximate surface area is 342 Å². The summed E-state index contributed by atoms with van der Waals surface area (Å²) < 4.78 is 2.30. The number of para-hydroxylation sites is 1. The Bertz CT molecular complexity index is 2540. The average molecular weight is 908 g/mol. The van der Waals surface area contributed by atoms with Crippen molar-refractivity contribution in [1.82, 2.24) is 14.5 Å². The van der Waals surface area contributed by atoms with Crippen LogP contribution in [-0.4, -0.2) is 19.6 Å². The summed E-state index contributed by atoms with van der Waals surface area (Å²) >= 11 is 0. The Balaban J connectivity index is 0.00000514. The van der Waals surface area contributed by atoms with E-state index in [9.17, 15) is 5.11 Å². The van der Waals surface area contributed by atoms with Crippen molar-refractivity contribution in [3.8, 4) is 45.2 Å². The van der Waals surface area contributed by atoms with E-state index in [1.165, 1.54) is 16.5 Å². The van der Waals surface area contributed by atoms with Gasteiger partial charge in [0.05, 0.1) is 22.3 Å². The van der Waals surface area contributed by atoms with Crippen molar-refractivity contribution in [2.45, 2.75) is 105 Å². The summed E-state index contributed by atoms with van der Waals surface area (Å²) in [6.45, 7) is 26.8. The molecule has 7 aromatic rings. The monoisotopic (exact) mass is 907 g/mol. The number of aromatic hydroxyl groups is 1. The Kier molecular flexibility index (Phi) is 10.4. The smallest absolute Gasteiger partial charge is 0.148 e. The predicted octanol–water partition coefficient (Wildman–Crippen LogP) is 13.3. The zero-order chi connectivity index (χ0) is 39.0. The van der Waals surface area contributed by atoms with Crippen LogP contribution in [0, 0.1) is 6.07 Å². The first-order chi connectivity index (χ1) is 25.2. The molecule has 0 fully saturated rings. The molecule has 0 radical (unpaired) electrons. The second-order valence-electron chi connectivity index (χ2n) is 19.0. The fourth-order valence-corrected chi connectivity index (χ4v) is 7.27. The summed E-state index contributed by atoms with van der Waals surface area (Å²) in [5.74, 6) is 0.977. The van der Waals surface area contributed by atoms with Crippen molar-refractivity contribution in [3.05, 3.63) is 132 Å². The Morgan fingerprint density at radius 1 is 0.582 bits per heavy atom. The Morgan fingerprint density at radius 3 is 1.87 bits per heavy atom. The van der Waals surface area contributed by atoms with Crippen LogP contribution in [0.15, 0.2) is 103 Å². The summed E-state index contributed by atoms with van der Waals surface area (Å²) in [5.41, 5.74) is 11.2. The SMILES string of the molecule is CC(C)(C)c1cc(-c2nc3c(-c4[c-]c(-c5ccccn5)ccc4)cccc3n2-c2cc(C(C)(C)C)cc3ccc(C(C)(C)C)cc23)c(O)c(C(C)(C)C)c1.[Pt]. The van der Waals surface area contributed by atoms with Crippen LogP contribution in [0.25, 0.3) is 61.3 Å². The van der Waals surface area contributed by atoms with Gasteiger partial charge in [-0.1, -0.05) is 143 Å². The number of nitrogens with zero attached hydrogens (tertiary/aromatic N) is 3. The van der Waals surface area contributed by atoms with Gasteiger partial charge in [-0.2, -0.15) is 0 Å². The van der Waals surface area contributed by atoms with Crippen LogP contribution < -0.4 is 0 Å². The molecule has 2 heterocycles. The van der Waals surface area contributed by atoms with Gasteiger partial charge in [0, 0.05) is 43.9 Å². The van der Waals surface area contributed by atoms with Crippen molar-refractivity contribution in [3.63, 3.8) is 0 Å². The number of phenols is 1. The molecular weight excluding hydrogens is 854 g/mol. The van der Waals surface area contributed by atoms with Crippen molar-refractivity contribution < 1.29 is 26.2 Å². The molecule has 2 aromatic heterocycles. The third kappa shape index (κ3) is 7.68. The van der Waals surface area contributed by atoms with Crippen LogP contribution >= 0.6 is 0 Å². The van der Waals surface area contributed by atoms with Crippen LogP contribution in [0.5, 0.6) is 5.75 Å². The van der Waals surface area contributed by atoms with Crippen LogP contribution in [0.1, 0.15) is 105 Å². The van der Waals surface area contributed by atoms with Gasteiger partial charge in [-0.05, 0) is 74.1 Å². The maximum Gasteiger partial charge on any atom is 0.148 e. The van der Waals surface area contributed by atoms with Crippen molar-refractivity contribution >= 4 is 21.8 Å². The quantitative estimate of drug-likeness (QED) is 0.179. The fraction of sp³-hybridized carbons (Fsp3) is 0.320. The number of hydrogen-bond acceptors (Lipinski definition) is 3. The Morgan fingerprint density at radius 2 is 1.24 bits per heavy atom. The summed E-state index contributed by atoms with van der Waals surface area (Å²) in [6.07, 6.45) is 1.82. The van der Waals surface area contributed by atoms with Gasteiger partial charge in [-0.25, -0.2) is 4.98 Å². The largest absolute Gasteiger partial charge is 0.507 e. The van der Waals surface area contributed by atoms with Gasteiger partial charge in [0.2, 0.25) is 0 Å². The molecule has 0 aliphatic heterocycles. The van der Waals surface area contributed by atoms with Crippen molar-refractivity contribution in [2.75, 3.05) is 0 Å². The van der Waals surface area contributed by atoms with Crippen LogP contribution in [0.2, 0.25) is 0 Å². The van der Waals surface area contributed by atoms with Crippen molar-refractivity contribution in [1.29, 1.82) is 0 Å². The molecule has 5 heteroatoms. The van der Waals surface area contributed by atoms with Gasteiger partial charge in [-0.3, -0.25) is 9.55 Å². The molecule has 0 saturated heterocycles. The standard InChI is InChI=1S/C50H54N3O.Pt/c1-47(2,3)34-23-22-32-26-35(48(4,5)6)30-43(38(32)27-34)53-42-21-16-19-37(31-17-15-18-33(25-31)41-20-13-14-24-51-41)44(42)52-46(53)39-28-36(49(7,8)9)29-40(45(39)54)50(10,11)12;/h13-24,26-30,54H,1-12H3;/q-1;. The normalized spacial score (nSPS) is 12.7. The zero-order valence-electron chi connectivity index (χ0n) is 34.4. The fourth-order valence-electron chi connectivity index (χ4n) is 7.27. The molecule has 1 N–H and O–H groups in total. The molecule has 55 heavy (non-hydrogen) atoms. The van der Waals surface area contributed by atoms with Gasteiger partial charge in [-0.15, -0.1) is 29.8 Å². The maximum atomic E-state index is 12.4. The molecular formula is C50H54N3OPt-. The summed E-state index contributed by atoms with van der Waals surface area (Å²) in [7, 11) is 0. The number of pyridine rings is 1. The molecule has 0 atom stereocenters. The van der Waals surface area contributed by atoms with E-state index in [-0.39, 0.29) is 48.5 Å². The number of imidazole rings is 1. The first kappa shape index (κ1) is 40.1. The summed E-state index contributed by atoms with van der Waals surface area (Å²) in [5, 5.41) is 14.7. The van der Waals surface area contributed by atoms with Gasteiger partial charge in [0.1, 0.15) is 11.6 Å². The minimum Gasteiger partial charge on any atom is -0.507 e. The van der Waals surface area contributed by atoms with E-state index < -0.39 is 0 Å². The van der Waals surface area contributed by atoms with E-state index in [1.54, 1.807) is 0 Å². The van der Waals surface area contributed by atoms with Gasteiger partial charge >= 0.3 is 0 Å². The minimum absolute atomic E-state index is 0. The third-order valence-corrected chi connectivity index (χ3v) is 10.6.